The molecule has 1 aliphatic heterocycles. The van der Waals surface area contributed by atoms with Gasteiger partial charge in [0, 0.05) is 0 Å². The fourth-order valence-electron chi connectivity index (χ4n) is 2.56. The Morgan fingerprint density at radius 3 is 2.14 bits per heavy atom. The lowest BCUT2D eigenvalue weighted by Crippen LogP contribution is -2.43. The van der Waals surface area contributed by atoms with Crippen LogP contribution in [-0.2, 0) is 9.53 Å². The van der Waals surface area contributed by atoms with Crippen molar-refractivity contribution in [3.05, 3.63) is 71.8 Å². The largest absolute Gasteiger partial charge is 0.369 e. The molecule has 2 aromatic carbocycles. The third-order valence-electron chi connectivity index (χ3n) is 3.72. The van der Waals surface area contributed by atoms with Crippen LogP contribution in [0, 0.1) is 0 Å². The molecular formula is C17H18N2O2. The summed E-state index contributed by atoms with van der Waals surface area (Å²) in [6.45, 7) is 0.406. The predicted molar refractivity (Wildman–Crippen MR) is 80.4 cm³/mol. The highest BCUT2D eigenvalue weighted by Crippen LogP contribution is 2.26. The van der Waals surface area contributed by atoms with Crippen LogP contribution in [0.15, 0.2) is 60.7 Å². The lowest BCUT2D eigenvalue weighted by Gasteiger charge is -2.19. The van der Waals surface area contributed by atoms with E-state index in [1.165, 1.54) is 0 Å². The van der Waals surface area contributed by atoms with Crippen molar-refractivity contribution >= 4 is 5.91 Å². The van der Waals surface area contributed by atoms with Crippen LogP contribution >= 0.6 is 0 Å². The Bertz CT molecular complexity index is 601. The van der Waals surface area contributed by atoms with Crippen LogP contribution in [0.3, 0.4) is 0 Å². The van der Waals surface area contributed by atoms with Crippen LogP contribution in [0.2, 0.25) is 0 Å². The van der Waals surface area contributed by atoms with Gasteiger partial charge in [0.25, 0.3) is 0 Å². The number of amides is 1. The van der Waals surface area contributed by atoms with Gasteiger partial charge in [0.1, 0.15) is 12.1 Å². The number of carbonyl (C=O) groups excluding carboxylic acids is 1. The molecule has 0 bridgehead atoms. The second kappa shape index (κ2) is 6.08. The Morgan fingerprint density at radius 2 is 1.52 bits per heavy atom. The standard InChI is InChI=1S/C17H18N2O2/c18-15-16(13-9-5-2-6-10-13)21-11-14(19-17(15)20)12-7-3-1-4-8-12/h1-10,14-16H,11,18H2,(H,19,20)/t14-,15-,16+/m0/s1. The van der Waals surface area contributed by atoms with Gasteiger partial charge < -0.3 is 15.8 Å². The molecule has 0 saturated carbocycles. The smallest absolute Gasteiger partial charge is 0.240 e. The van der Waals surface area contributed by atoms with Crippen LogP contribution in [0.1, 0.15) is 23.3 Å². The maximum atomic E-state index is 12.3. The second-order valence-corrected chi connectivity index (χ2v) is 5.16. The molecule has 21 heavy (non-hydrogen) atoms. The van der Waals surface area contributed by atoms with Crippen molar-refractivity contribution in [2.75, 3.05) is 6.61 Å². The highest BCUT2D eigenvalue weighted by molar-refractivity contribution is 5.83. The van der Waals surface area contributed by atoms with Gasteiger partial charge in [0.15, 0.2) is 0 Å². The number of benzene rings is 2. The zero-order chi connectivity index (χ0) is 14.7. The maximum absolute atomic E-state index is 12.3. The molecule has 3 atom stereocenters. The Kier molecular flexibility index (Phi) is 3.99. The number of rotatable bonds is 2. The first-order chi connectivity index (χ1) is 10.3. The molecule has 3 rings (SSSR count). The van der Waals surface area contributed by atoms with Crippen molar-refractivity contribution in [1.82, 2.24) is 5.32 Å². The van der Waals surface area contributed by atoms with Gasteiger partial charge in [0.05, 0.1) is 12.6 Å². The molecule has 0 radical (unpaired) electrons. The van der Waals surface area contributed by atoms with Crippen molar-refractivity contribution in [3.63, 3.8) is 0 Å². The fourth-order valence-corrected chi connectivity index (χ4v) is 2.56. The van der Waals surface area contributed by atoms with E-state index in [0.717, 1.165) is 11.1 Å². The van der Waals surface area contributed by atoms with Crippen molar-refractivity contribution < 1.29 is 9.53 Å². The lowest BCUT2D eigenvalue weighted by atomic mass is 10.0. The van der Waals surface area contributed by atoms with Crippen LogP contribution in [0.4, 0.5) is 0 Å². The third kappa shape index (κ3) is 2.96. The molecule has 1 heterocycles. The first kappa shape index (κ1) is 13.8. The highest BCUT2D eigenvalue weighted by atomic mass is 16.5. The first-order valence-corrected chi connectivity index (χ1v) is 7.03. The average Bonchev–Trinajstić information content (AvgIpc) is 2.69. The number of nitrogens with one attached hydrogen (secondary N) is 1. The molecule has 108 valence electrons. The lowest BCUT2D eigenvalue weighted by molar-refractivity contribution is -0.124. The Morgan fingerprint density at radius 1 is 0.952 bits per heavy atom. The fraction of sp³-hybridized carbons (Fsp3) is 0.235. The zero-order valence-corrected chi connectivity index (χ0v) is 11.6. The SMILES string of the molecule is N[C@@H]1C(=O)N[C@H](c2ccccc2)CO[C@@H]1c1ccccc1. The maximum Gasteiger partial charge on any atom is 0.240 e. The summed E-state index contributed by atoms with van der Waals surface area (Å²) in [5.74, 6) is -0.185. The minimum absolute atomic E-state index is 0.168. The molecular weight excluding hydrogens is 264 g/mol. The minimum atomic E-state index is -0.707. The third-order valence-corrected chi connectivity index (χ3v) is 3.72. The summed E-state index contributed by atoms with van der Waals surface area (Å²) in [6.07, 6.45) is -0.417. The summed E-state index contributed by atoms with van der Waals surface area (Å²) >= 11 is 0. The van der Waals surface area contributed by atoms with E-state index in [1.807, 2.05) is 60.7 Å². The number of hydrogen-bond acceptors (Lipinski definition) is 3. The van der Waals surface area contributed by atoms with Crippen LogP contribution < -0.4 is 11.1 Å². The van der Waals surface area contributed by atoms with Gasteiger partial charge in [-0.25, -0.2) is 0 Å². The van der Waals surface area contributed by atoms with Crippen molar-refractivity contribution in [3.8, 4) is 0 Å². The van der Waals surface area contributed by atoms with Gasteiger partial charge >= 0.3 is 0 Å². The van der Waals surface area contributed by atoms with E-state index < -0.39 is 12.1 Å². The van der Waals surface area contributed by atoms with E-state index in [4.69, 9.17) is 10.5 Å². The van der Waals surface area contributed by atoms with Crippen molar-refractivity contribution in [2.24, 2.45) is 5.73 Å². The minimum Gasteiger partial charge on any atom is -0.369 e. The van der Waals surface area contributed by atoms with Crippen molar-refractivity contribution in [2.45, 2.75) is 18.2 Å². The highest BCUT2D eigenvalue weighted by Gasteiger charge is 2.32. The monoisotopic (exact) mass is 282 g/mol. The topological polar surface area (TPSA) is 64.4 Å². The van der Waals surface area contributed by atoms with Gasteiger partial charge in [-0.3, -0.25) is 4.79 Å². The molecule has 0 aliphatic carbocycles. The molecule has 0 spiro atoms. The van der Waals surface area contributed by atoms with Gasteiger partial charge in [0.2, 0.25) is 5.91 Å². The number of nitrogens with two attached hydrogens (primary N) is 1. The van der Waals surface area contributed by atoms with Crippen molar-refractivity contribution in [1.29, 1.82) is 0 Å². The van der Waals surface area contributed by atoms with Crippen LogP contribution in [-0.4, -0.2) is 18.6 Å². The molecule has 3 N–H and O–H groups in total. The summed E-state index contributed by atoms with van der Waals surface area (Å²) < 4.78 is 5.93. The quantitative estimate of drug-likeness (QED) is 0.884. The molecule has 4 heteroatoms. The number of carbonyl (C=O) groups is 1. The molecule has 1 fully saturated rings. The van der Waals surface area contributed by atoms with Crippen LogP contribution in [0.5, 0.6) is 0 Å². The normalized spacial score (nSPS) is 26.0. The number of hydrogen-bond donors (Lipinski definition) is 2. The van der Waals surface area contributed by atoms with Crippen LogP contribution in [0.25, 0.3) is 0 Å². The van der Waals surface area contributed by atoms with Gasteiger partial charge in [-0.1, -0.05) is 60.7 Å². The van der Waals surface area contributed by atoms with E-state index in [1.54, 1.807) is 0 Å². The van der Waals surface area contributed by atoms with Gasteiger partial charge in [-0.15, -0.1) is 0 Å². The molecule has 1 amide bonds. The molecule has 1 saturated heterocycles. The first-order valence-electron chi connectivity index (χ1n) is 7.03. The summed E-state index contributed by atoms with van der Waals surface area (Å²) in [4.78, 5) is 12.3. The summed E-state index contributed by atoms with van der Waals surface area (Å²) in [7, 11) is 0. The second-order valence-electron chi connectivity index (χ2n) is 5.16. The Hall–Kier alpha value is -2.17. The van der Waals surface area contributed by atoms with E-state index in [2.05, 4.69) is 5.32 Å². The number of ether oxygens (including phenoxy) is 1. The Labute approximate surface area is 123 Å². The summed E-state index contributed by atoms with van der Waals surface area (Å²) in [6, 6.07) is 18.5. The van der Waals surface area contributed by atoms with Gasteiger partial charge in [-0.05, 0) is 11.1 Å². The van der Waals surface area contributed by atoms with E-state index in [-0.39, 0.29) is 11.9 Å². The Balaban J connectivity index is 1.84. The molecule has 4 nitrogen and oxygen atoms in total. The molecule has 2 aromatic rings. The summed E-state index contributed by atoms with van der Waals surface area (Å²) in [5.41, 5.74) is 8.00. The zero-order valence-electron chi connectivity index (χ0n) is 11.6. The molecule has 0 unspecified atom stereocenters. The van der Waals surface area contributed by atoms with E-state index in [9.17, 15) is 4.79 Å². The molecule has 1 aliphatic rings. The van der Waals surface area contributed by atoms with Gasteiger partial charge in [-0.2, -0.15) is 0 Å². The molecule has 0 aromatic heterocycles. The summed E-state index contributed by atoms with van der Waals surface area (Å²) in [5, 5.41) is 2.96. The average molecular weight is 282 g/mol. The van der Waals surface area contributed by atoms with E-state index in [0.29, 0.717) is 6.61 Å². The predicted octanol–water partition coefficient (Wildman–Crippen LogP) is 1.94. The van der Waals surface area contributed by atoms with E-state index >= 15 is 0 Å².